The minimum atomic E-state index is 0.359. The van der Waals surface area contributed by atoms with Crippen LogP contribution in [0.3, 0.4) is 0 Å². The topological polar surface area (TPSA) is 75.7 Å². The fourth-order valence-corrected chi connectivity index (χ4v) is 6.23. The van der Waals surface area contributed by atoms with Gasteiger partial charge in [0.15, 0.2) is 0 Å². The Morgan fingerprint density at radius 2 is 2.00 bits per heavy atom. The number of hydrogen-bond acceptors (Lipinski definition) is 6. The fourth-order valence-electron chi connectivity index (χ4n) is 5.14. The van der Waals surface area contributed by atoms with Gasteiger partial charge in [0.2, 0.25) is 5.69 Å². The minimum absolute atomic E-state index is 0.359. The van der Waals surface area contributed by atoms with Crippen molar-refractivity contribution in [1.29, 1.82) is 5.26 Å². The van der Waals surface area contributed by atoms with E-state index in [0.29, 0.717) is 23.3 Å². The molecule has 4 aromatic rings. The summed E-state index contributed by atoms with van der Waals surface area (Å²) in [5, 5.41) is 19.0. The van der Waals surface area contributed by atoms with Crippen molar-refractivity contribution < 1.29 is 4.74 Å². The predicted octanol–water partition coefficient (Wildman–Crippen LogP) is 5.75. The van der Waals surface area contributed by atoms with Crippen LogP contribution in [0, 0.1) is 24.8 Å². The Kier molecular flexibility index (Phi) is 7.29. The van der Waals surface area contributed by atoms with Crippen LogP contribution in [0.5, 0.6) is 0 Å². The molecule has 5 rings (SSSR count). The normalized spacial score (nSPS) is 15.5. The standard InChI is InChI=1S/C28H29N7OS/c1-19(18-36-4)33-11-9-23(10-12-33)35-20(2)24(16-32-35)21-13-27(28-22(14-29)15-31-34(28)17-21)37-26-8-6-5-7-25(26)30-3/h5-8,13,15-17,19,23H,9-12,18H2,1-2,4H3/t19-/m0/s1. The lowest BCUT2D eigenvalue weighted by Crippen LogP contribution is -2.42. The Morgan fingerprint density at radius 3 is 2.73 bits per heavy atom. The molecule has 1 aliphatic heterocycles. The van der Waals surface area contributed by atoms with Gasteiger partial charge in [0.1, 0.15) is 6.07 Å². The molecule has 1 aliphatic rings. The average Bonchev–Trinajstić information content (AvgIpc) is 3.52. The molecular weight excluding hydrogens is 482 g/mol. The van der Waals surface area contributed by atoms with E-state index in [9.17, 15) is 5.26 Å². The molecule has 1 fully saturated rings. The summed E-state index contributed by atoms with van der Waals surface area (Å²) in [4.78, 5) is 7.89. The van der Waals surface area contributed by atoms with Gasteiger partial charge in [-0.05, 0) is 32.8 Å². The number of pyridine rings is 1. The molecule has 0 saturated carbocycles. The van der Waals surface area contributed by atoms with Gasteiger partial charge in [-0.1, -0.05) is 36.0 Å². The molecule has 0 radical (unpaired) electrons. The Hall–Kier alpha value is -3.63. The number of piperidine rings is 1. The summed E-state index contributed by atoms with van der Waals surface area (Å²) in [5.41, 5.74) is 5.00. The summed E-state index contributed by atoms with van der Waals surface area (Å²) < 4.78 is 9.27. The molecule has 3 aromatic heterocycles. The number of nitrogens with zero attached hydrogens (tertiary/aromatic N) is 7. The van der Waals surface area contributed by atoms with Crippen molar-refractivity contribution in [2.24, 2.45) is 0 Å². The van der Waals surface area contributed by atoms with Gasteiger partial charge in [-0.3, -0.25) is 9.58 Å². The van der Waals surface area contributed by atoms with Crippen LogP contribution < -0.4 is 0 Å². The molecule has 0 bridgehead atoms. The number of para-hydroxylation sites is 1. The molecule has 0 spiro atoms. The van der Waals surface area contributed by atoms with Crippen molar-refractivity contribution in [1.82, 2.24) is 24.3 Å². The van der Waals surface area contributed by atoms with Crippen molar-refractivity contribution >= 4 is 23.0 Å². The van der Waals surface area contributed by atoms with Crippen molar-refractivity contribution in [2.45, 2.75) is 48.6 Å². The quantitative estimate of drug-likeness (QED) is 0.294. The van der Waals surface area contributed by atoms with E-state index in [1.807, 2.05) is 36.7 Å². The maximum atomic E-state index is 9.69. The van der Waals surface area contributed by atoms with Crippen molar-refractivity contribution in [3.63, 3.8) is 0 Å². The summed E-state index contributed by atoms with van der Waals surface area (Å²) in [5.74, 6) is 0. The molecule has 0 aliphatic carbocycles. The van der Waals surface area contributed by atoms with Gasteiger partial charge in [0.25, 0.3) is 0 Å². The van der Waals surface area contributed by atoms with Gasteiger partial charge in [-0.25, -0.2) is 9.36 Å². The molecular formula is C28H29N7OS. The van der Waals surface area contributed by atoms with E-state index in [1.165, 1.54) is 11.8 Å². The van der Waals surface area contributed by atoms with Gasteiger partial charge in [0, 0.05) is 59.0 Å². The zero-order chi connectivity index (χ0) is 25.9. The second-order valence-electron chi connectivity index (χ2n) is 9.40. The van der Waals surface area contributed by atoms with Crippen LogP contribution in [0.1, 0.15) is 37.1 Å². The van der Waals surface area contributed by atoms with Gasteiger partial charge < -0.3 is 4.74 Å². The number of aromatic nitrogens is 4. The summed E-state index contributed by atoms with van der Waals surface area (Å²) >= 11 is 1.49. The lowest BCUT2D eigenvalue weighted by atomic mass is 10.0. The first-order chi connectivity index (χ1) is 18.0. The highest BCUT2D eigenvalue weighted by Gasteiger charge is 2.26. The Bertz CT molecular complexity index is 1500. The van der Waals surface area contributed by atoms with E-state index in [4.69, 9.17) is 16.4 Å². The molecule has 37 heavy (non-hydrogen) atoms. The lowest BCUT2D eigenvalue weighted by molar-refractivity contribution is 0.0731. The molecule has 0 amide bonds. The SMILES string of the molecule is [C-]#[N+]c1ccccc1Sc1cc(-c2cnn(C3CCN([C@@H](C)COC)CC3)c2C)cn2ncc(C#N)c12. The molecule has 4 heterocycles. The lowest BCUT2D eigenvalue weighted by Gasteiger charge is -2.36. The van der Waals surface area contributed by atoms with Crippen LogP contribution in [0.15, 0.2) is 58.7 Å². The van der Waals surface area contributed by atoms with Crippen molar-refractivity contribution in [3.8, 4) is 17.2 Å². The monoisotopic (exact) mass is 511 g/mol. The van der Waals surface area contributed by atoms with Crippen LogP contribution in [0.4, 0.5) is 5.69 Å². The number of methoxy groups -OCH3 is 1. The Morgan fingerprint density at radius 1 is 1.22 bits per heavy atom. The highest BCUT2D eigenvalue weighted by molar-refractivity contribution is 7.99. The third-order valence-electron chi connectivity index (χ3n) is 7.13. The van der Waals surface area contributed by atoms with E-state index in [-0.39, 0.29) is 0 Å². The van der Waals surface area contributed by atoms with Crippen molar-refractivity contribution in [3.05, 3.63) is 71.6 Å². The molecule has 1 aromatic carbocycles. The maximum absolute atomic E-state index is 9.69. The summed E-state index contributed by atoms with van der Waals surface area (Å²) in [6.07, 6.45) is 7.60. The van der Waals surface area contributed by atoms with Crippen LogP contribution in [-0.2, 0) is 4.74 Å². The first-order valence-corrected chi connectivity index (χ1v) is 13.2. The second kappa shape index (κ2) is 10.8. The zero-order valence-electron chi connectivity index (χ0n) is 21.3. The Balaban J connectivity index is 1.48. The van der Waals surface area contributed by atoms with Crippen LogP contribution in [0.25, 0.3) is 21.5 Å². The molecule has 9 heteroatoms. The van der Waals surface area contributed by atoms with Gasteiger partial charge in [0.05, 0.1) is 42.7 Å². The molecule has 1 saturated heterocycles. The molecule has 188 valence electrons. The first kappa shape index (κ1) is 25.0. The van der Waals surface area contributed by atoms with E-state index in [2.05, 4.69) is 45.5 Å². The highest BCUT2D eigenvalue weighted by Crippen LogP contribution is 2.40. The van der Waals surface area contributed by atoms with Crippen LogP contribution in [0.2, 0.25) is 0 Å². The summed E-state index contributed by atoms with van der Waals surface area (Å²) in [6, 6.07) is 12.7. The summed E-state index contributed by atoms with van der Waals surface area (Å²) in [7, 11) is 1.76. The molecule has 0 N–H and O–H groups in total. The number of benzene rings is 1. The Labute approximate surface area is 221 Å². The maximum Gasteiger partial charge on any atom is 0.200 e. The van der Waals surface area contributed by atoms with Gasteiger partial charge in [-0.15, -0.1) is 0 Å². The minimum Gasteiger partial charge on any atom is -0.383 e. The molecule has 1 atom stereocenters. The van der Waals surface area contributed by atoms with Crippen LogP contribution in [-0.4, -0.2) is 57.1 Å². The molecule has 8 nitrogen and oxygen atoms in total. The third-order valence-corrected chi connectivity index (χ3v) is 8.23. The first-order valence-electron chi connectivity index (χ1n) is 12.4. The number of nitriles is 1. The van der Waals surface area contributed by atoms with Crippen molar-refractivity contribution in [2.75, 3.05) is 26.8 Å². The smallest absolute Gasteiger partial charge is 0.200 e. The van der Waals surface area contributed by atoms with E-state index < -0.39 is 0 Å². The van der Waals surface area contributed by atoms with Gasteiger partial charge in [-0.2, -0.15) is 15.5 Å². The summed E-state index contributed by atoms with van der Waals surface area (Å²) in [6.45, 7) is 14.7. The number of fused-ring (bicyclic) bond motifs is 1. The number of ether oxygens (including phenoxy) is 1. The number of likely N-dealkylation sites (tertiary alicyclic amines) is 1. The number of hydrogen-bond donors (Lipinski definition) is 0. The third kappa shape index (κ3) is 4.86. The average molecular weight is 512 g/mol. The number of rotatable bonds is 7. The molecule has 0 unspecified atom stereocenters. The fraction of sp³-hybridized carbons (Fsp3) is 0.357. The van der Waals surface area contributed by atoms with E-state index in [0.717, 1.165) is 64.7 Å². The van der Waals surface area contributed by atoms with Crippen LogP contribution >= 0.6 is 11.8 Å². The largest absolute Gasteiger partial charge is 0.383 e. The van der Waals surface area contributed by atoms with E-state index >= 15 is 0 Å². The van der Waals surface area contributed by atoms with Gasteiger partial charge >= 0.3 is 0 Å². The van der Waals surface area contributed by atoms with E-state index in [1.54, 1.807) is 17.8 Å². The highest BCUT2D eigenvalue weighted by atomic mass is 32.2. The second-order valence-corrected chi connectivity index (χ2v) is 10.5. The zero-order valence-corrected chi connectivity index (χ0v) is 22.1. The predicted molar refractivity (Wildman–Crippen MR) is 144 cm³/mol.